The lowest BCUT2D eigenvalue weighted by molar-refractivity contribution is -0.146. The minimum Gasteiger partial charge on any atom is -0.493 e. The van der Waals surface area contributed by atoms with Crippen LogP contribution in [-0.4, -0.2) is 30.7 Å². The van der Waals surface area contributed by atoms with Gasteiger partial charge in [0, 0.05) is 34.9 Å². The molecule has 0 fully saturated rings. The van der Waals surface area contributed by atoms with Gasteiger partial charge in [-0.15, -0.1) is 0 Å². The van der Waals surface area contributed by atoms with Gasteiger partial charge in [0.25, 0.3) is 0 Å². The lowest BCUT2D eigenvalue weighted by Gasteiger charge is -2.39. The number of esters is 1. The standard InChI is InChI=1S/C27H37NO4/c1-6-8-11-15-32-26(30)23-18(3)28-20-16-27(4,5)17-21(29)25(20)24(23)19-12-9-10-13-22(19)31-14-7-2/h9-10,12-13,23-24H,6-8,11,14-17H2,1-5H3/t23?,24-/m1/s1. The molecule has 0 saturated heterocycles. The molecule has 2 aliphatic rings. The Balaban J connectivity index is 2.06. The van der Waals surface area contributed by atoms with Crippen LogP contribution in [0, 0.1) is 11.3 Å². The van der Waals surface area contributed by atoms with Crippen molar-refractivity contribution in [3.63, 3.8) is 0 Å². The van der Waals surface area contributed by atoms with E-state index in [-0.39, 0.29) is 17.2 Å². The van der Waals surface area contributed by atoms with Gasteiger partial charge in [-0.1, -0.05) is 58.7 Å². The highest BCUT2D eigenvalue weighted by Gasteiger charge is 2.46. The van der Waals surface area contributed by atoms with Crippen molar-refractivity contribution in [1.29, 1.82) is 0 Å². The highest BCUT2D eigenvalue weighted by molar-refractivity contribution is 6.09. The van der Waals surface area contributed by atoms with Crippen molar-refractivity contribution in [2.24, 2.45) is 16.3 Å². The first-order valence-corrected chi connectivity index (χ1v) is 12.0. The summed E-state index contributed by atoms with van der Waals surface area (Å²) in [6.07, 6.45) is 4.97. The van der Waals surface area contributed by atoms with Crippen LogP contribution in [0.1, 0.15) is 84.6 Å². The van der Waals surface area contributed by atoms with E-state index >= 15 is 0 Å². The summed E-state index contributed by atoms with van der Waals surface area (Å²) in [6.45, 7) is 11.2. The Kier molecular flexibility index (Phi) is 7.91. The minimum absolute atomic E-state index is 0.0755. The third-order valence-electron chi connectivity index (χ3n) is 6.26. The van der Waals surface area contributed by atoms with Gasteiger partial charge in [0.05, 0.1) is 13.2 Å². The Morgan fingerprint density at radius 1 is 1.09 bits per heavy atom. The second-order valence-corrected chi connectivity index (χ2v) is 9.77. The lowest BCUT2D eigenvalue weighted by Crippen LogP contribution is -2.39. The zero-order valence-electron chi connectivity index (χ0n) is 20.2. The summed E-state index contributed by atoms with van der Waals surface area (Å²) in [5.41, 5.74) is 2.92. The highest BCUT2D eigenvalue weighted by Crippen LogP contribution is 2.49. The number of benzene rings is 1. The zero-order chi connectivity index (χ0) is 23.3. The van der Waals surface area contributed by atoms with Crippen molar-refractivity contribution < 1.29 is 19.1 Å². The number of unbranched alkanes of at least 4 members (excludes halogenated alkanes) is 2. The van der Waals surface area contributed by atoms with E-state index < -0.39 is 11.8 Å². The molecule has 0 aromatic heterocycles. The van der Waals surface area contributed by atoms with Crippen LogP contribution < -0.4 is 4.74 Å². The molecular weight excluding hydrogens is 402 g/mol. The molecule has 2 atom stereocenters. The van der Waals surface area contributed by atoms with Gasteiger partial charge in [-0.25, -0.2) is 0 Å². The first kappa shape index (κ1) is 24.2. The first-order valence-electron chi connectivity index (χ1n) is 12.0. The van der Waals surface area contributed by atoms with Crippen LogP contribution in [0.25, 0.3) is 0 Å². The molecule has 3 rings (SSSR count). The molecule has 1 aliphatic heterocycles. The summed E-state index contributed by atoms with van der Waals surface area (Å²) >= 11 is 0. The molecule has 5 heteroatoms. The smallest absolute Gasteiger partial charge is 0.315 e. The number of ether oxygens (including phenoxy) is 2. The van der Waals surface area contributed by atoms with Crippen LogP contribution in [0.4, 0.5) is 0 Å². The van der Waals surface area contributed by atoms with Crippen LogP contribution in [0.5, 0.6) is 5.75 Å². The van der Waals surface area contributed by atoms with E-state index in [1.807, 2.05) is 31.2 Å². The maximum Gasteiger partial charge on any atom is 0.315 e. The van der Waals surface area contributed by atoms with E-state index in [0.717, 1.165) is 49.1 Å². The summed E-state index contributed by atoms with van der Waals surface area (Å²) in [5, 5.41) is 0. The molecule has 0 spiro atoms. The van der Waals surface area contributed by atoms with Gasteiger partial charge >= 0.3 is 5.97 Å². The number of Topliss-reactive ketones (excluding diaryl/α,β-unsaturated/α-hetero) is 1. The number of carbonyl (C=O) groups excluding carboxylic acids is 2. The zero-order valence-corrected chi connectivity index (χ0v) is 20.2. The monoisotopic (exact) mass is 439 g/mol. The number of ketones is 1. The Bertz CT molecular complexity index is 912. The van der Waals surface area contributed by atoms with E-state index in [1.165, 1.54) is 0 Å². The summed E-state index contributed by atoms with van der Waals surface area (Å²) in [7, 11) is 0. The molecule has 1 aromatic rings. The van der Waals surface area contributed by atoms with Crippen molar-refractivity contribution in [2.45, 2.75) is 79.1 Å². The average Bonchev–Trinajstić information content (AvgIpc) is 2.73. The largest absolute Gasteiger partial charge is 0.493 e. The molecule has 1 aromatic carbocycles. The topological polar surface area (TPSA) is 65.0 Å². The number of nitrogens with zero attached hydrogens (tertiary/aromatic N) is 1. The number of allylic oxidation sites excluding steroid dienone is 2. The molecule has 0 amide bonds. The predicted octanol–water partition coefficient (Wildman–Crippen LogP) is 6.03. The number of rotatable bonds is 9. The van der Waals surface area contributed by atoms with Crippen LogP contribution in [0.3, 0.4) is 0 Å². The molecule has 1 aliphatic carbocycles. The number of carbonyl (C=O) groups is 2. The quantitative estimate of drug-likeness (QED) is 0.348. The highest BCUT2D eigenvalue weighted by atomic mass is 16.5. The van der Waals surface area contributed by atoms with Crippen molar-refractivity contribution in [1.82, 2.24) is 0 Å². The first-order chi connectivity index (χ1) is 15.3. The van der Waals surface area contributed by atoms with Crippen LogP contribution in [0.15, 0.2) is 40.5 Å². The molecule has 5 nitrogen and oxygen atoms in total. The molecule has 0 saturated carbocycles. The average molecular weight is 440 g/mol. The van der Waals surface area contributed by atoms with E-state index in [9.17, 15) is 9.59 Å². The van der Waals surface area contributed by atoms with Gasteiger partial charge in [-0.05, 0) is 37.7 Å². The van der Waals surface area contributed by atoms with E-state index in [1.54, 1.807) is 0 Å². The Morgan fingerprint density at radius 3 is 2.56 bits per heavy atom. The maximum absolute atomic E-state index is 13.4. The molecule has 174 valence electrons. The number of aliphatic imine (C=N–C) groups is 1. The van der Waals surface area contributed by atoms with Crippen molar-refractivity contribution in [2.75, 3.05) is 13.2 Å². The third kappa shape index (κ3) is 5.31. The van der Waals surface area contributed by atoms with Crippen molar-refractivity contribution in [3.05, 3.63) is 41.1 Å². The van der Waals surface area contributed by atoms with Crippen molar-refractivity contribution >= 4 is 17.5 Å². The number of para-hydroxylation sites is 1. The number of hydrogen-bond acceptors (Lipinski definition) is 5. The molecule has 1 heterocycles. The minimum atomic E-state index is -0.619. The lowest BCUT2D eigenvalue weighted by atomic mass is 9.66. The molecule has 0 bridgehead atoms. The van der Waals surface area contributed by atoms with Crippen LogP contribution >= 0.6 is 0 Å². The molecule has 0 N–H and O–H groups in total. The Morgan fingerprint density at radius 2 is 1.84 bits per heavy atom. The summed E-state index contributed by atoms with van der Waals surface area (Å²) in [4.78, 5) is 31.5. The summed E-state index contributed by atoms with van der Waals surface area (Å²) in [5.74, 6) is -0.555. The maximum atomic E-state index is 13.4. The SMILES string of the molecule is CCCCCOC(=O)C1C(C)=NC2=C(C(=O)CC(C)(C)C2)[C@@H]1c1ccccc1OCCC. The number of hydrogen-bond donors (Lipinski definition) is 0. The van der Waals surface area contributed by atoms with Gasteiger partial charge in [0.1, 0.15) is 11.7 Å². The fourth-order valence-electron chi connectivity index (χ4n) is 4.78. The van der Waals surface area contributed by atoms with Crippen LogP contribution in [-0.2, 0) is 14.3 Å². The normalized spacial score (nSPS) is 22.3. The third-order valence-corrected chi connectivity index (χ3v) is 6.26. The van der Waals surface area contributed by atoms with Crippen LogP contribution in [0.2, 0.25) is 0 Å². The van der Waals surface area contributed by atoms with Crippen molar-refractivity contribution in [3.8, 4) is 5.75 Å². The molecule has 0 radical (unpaired) electrons. The van der Waals surface area contributed by atoms with E-state index in [2.05, 4.69) is 27.7 Å². The summed E-state index contributed by atoms with van der Waals surface area (Å²) in [6, 6.07) is 7.77. The second kappa shape index (κ2) is 10.5. The van der Waals surface area contributed by atoms with Gasteiger partial charge in [0.15, 0.2) is 5.78 Å². The fraction of sp³-hybridized carbons (Fsp3) is 0.593. The summed E-state index contributed by atoms with van der Waals surface area (Å²) < 4.78 is 11.7. The van der Waals surface area contributed by atoms with Gasteiger partial charge in [0.2, 0.25) is 0 Å². The second-order valence-electron chi connectivity index (χ2n) is 9.77. The van der Waals surface area contributed by atoms with Gasteiger partial charge in [-0.3, -0.25) is 14.6 Å². The molecule has 1 unspecified atom stereocenters. The van der Waals surface area contributed by atoms with E-state index in [4.69, 9.17) is 14.5 Å². The Labute approximate surface area is 192 Å². The Hall–Kier alpha value is -2.43. The molecular formula is C27H37NO4. The van der Waals surface area contributed by atoms with E-state index in [0.29, 0.717) is 30.9 Å². The predicted molar refractivity (Wildman–Crippen MR) is 127 cm³/mol. The van der Waals surface area contributed by atoms with Gasteiger partial charge < -0.3 is 9.47 Å². The molecule has 32 heavy (non-hydrogen) atoms. The fourth-order valence-corrected chi connectivity index (χ4v) is 4.78. The van der Waals surface area contributed by atoms with Gasteiger partial charge in [-0.2, -0.15) is 0 Å².